The van der Waals surface area contributed by atoms with Gasteiger partial charge in [-0.05, 0) is 18.3 Å². The van der Waals surface area contributed by atoms with Gasteiger partial charge in [-0.15, -0.1) is 0 Å². The fourth-order valence-corrected chi connectivity index (χ4v) is 2.28. The molecule has 1 fully saturated rings. The second-order valence-electron chi connectivity index (χ2n) is 5.46. The van der Waals surface area contributed by atoms with Gasteiger partial charge < -0.3 is 4.74 Å². The van der Waals surface area contributed by atoms with Crippen LogP contribution >= 0.6 is 0 Å². The second kappa shape index (κ2) is 4.38. The summed E-state index contributed by atoms with van der Waals surface area (Å²) in [4.78, 5) is 11.1. The van der Waals surface area contributed by atoms with Crippen LogP contribution in [0, 0.1) is 10.8 Å². The van der Waals surface area contributed by atoms with Crippen molar-refractivity contribution < 1.29 is 9.53 Å². The molecule has 1 aliphatic rings. The predicted molar refractivity (Wildman–Crippen MR) is 61.5 cm³/mol. The first-order chi connectivity index (χ1) is 6.91. The topological polar surface area (TPSA) is 26.3 Å². The molecular weight excluding hydrogens is 188 g/mol. The molecule has 1 atom stereocenters. The molecular formula is C13H22O2. The standard InChI is InChI=1S/C13H22O2/c1-5-11(14)15-10-13(4)9-7-6-8-12(13,2)3/h5H,1,6-10H2,2-4H3. The third-order valence-corrected chi connectivity index (χ3v) is 4.11. The van der Waals surface area contributed by atoms with Crippen LogP contribution in [0.3, 0.4) is 0 Å². The molecule has 0 heterocycles. The molecule has 1 aliphatic carbocycles. The summed E-state index contributed by atoms with van der Waals surface area (Å²) in [6, 6.07) is 0. The third kappa shape index (κ3) is 2.61. The van der Waals surface area contributed by atoms with Crippen LogP contribution in [-0.4, -0.2) is 12.6 Å². The van der Waals surface area contributed by atoms with Crippen molar-refractivity contribution in [2.24, 2.45) is 10.8 Å². The lowest BCUT2D eigenvalue weighted by Crippen LogP contribution is -2.42. The molecule has 0 saturated heterocycles. The van der Waals surface area contributed by atoms with Crippen molar-refractivity contribution in [2.45, 2.75) is 46.5 Å². The number of rotatable bonds is 3. The van der Waals surface area contributed by atoms with Gasteiger partial charge in [0.2, 0.25) is 0 Å². The number of carbonyl (C=O) groups excluding carboxylic acids is 1. The minimum Gasteiger partial charge on any atom is -0.462 e. The molecule has 15 heavy (non-hydrogen) atoms. The van der Waals surface area contributed by atoms with Crippen molar-refractivity contribution in [2.75, 3.05) is 6.61 Å². The average Bonchev–Trinajstić information content (AvgIpc) is 2.19. The van der Waals surface area contributed by atoms with Gasteiger partial charge in [-0.2, -0.15) is 0 Å². The molecule has 0 N–H and O–H groups in total. The van der Waals surface area contributed by atoms with Crippen molar-refractivity contribution in [1.82, 2.24) is 0 Å². The van der Waals surface area contributed by atoms with Crippen LogP contribution in [0.25, 0.3) is 0 Å². The van der Waals surface area contributed by atoms with Gasteiger partial charge in [0, 0.05) is 11.5 Å². The molecule has 2 nitrogen and oxygen atoms in total. The monoisotopic (exact) mass is 210 g/mol. The third-order valence-electron chi connectivity index (χ3n) is 4.11. The number of hydrogen-bond acceptors (Lipinski definition) is 2. The number of esters is 1. The van der Waals surface area contributed by atoms with E-state index < -0.39 is 0 Å². The highest BCUT2D eigenvalue weighted by atomic mass is 16.5. The van der Waals surface area contributed by atoms with Crippen LogP contribution in [0.1, 0.15) is 46.5 Å². The van der Waals surface area contributed by atoms with Gasteiger partial charge in [0.15, 0.2) is 0 Å². The number of carbonyl (C=O) groups is 1. The minimum absolute atomic E-state index is 0.115. The van der Waals surface area contributed by atoms with E-state index in [2.05, 4.69) is 27.4 Å². The normalized spacial score (nSPS) is 29.5. The Balaban J connectivity index is 2.62. The maximum Gasteiger partial charge on any atom is 0.330 e. The Kier molecular flexibility index (Phi) is 3.58. The molecule has 0 amide bonds. The Morgan fingerprint density at radius 1 is 1.33 bits per heavy atom. The highest BCUT2D eigenvalue weighted by Crippen LogP contribution is 2.50. The first kappa shape index (κ1) is 12.3. The smallest absolute Gasteiger partial charge is 0.330 e. The van der Waals surface area contributed by atoms with E-state index in [0.29, 0.717) is 6.61 Å². The van der Waals surface area contributed by atoms with Crippen molar-refractivity contribution in [3.05, 3.63) is 12.7 Å². The summed E-state index contributed by atoms with van der Waals surface area (Å²) in [6.07, 6.45) is 6.13. The molecule has 0 bridgehead atoms. The highest BCUT2D eigenvalue weighted by Gasteiger charge is 2.43. The zero-order chi connectivity index (χ0) is 11.5. The van der Waals surface area contributed by atoms with Crippen molar-refractivity contribution in [3.63, 3.8) is 0 Å². The first-order valence-corrected chi connectivity index (χ1v) is 5.70. The molecule has 0 spiro atoms. The van der Waals surface area contributed by atoms with E-state index in [-0.39, 0.29) is 16.8 Å². The molecule has 1 unspecified atom stereocenters. The van der Waals surface area contributed by atoms with Crippen LogP contribution < -0.4 is 0 Å². The van der Waals surface area contributed by atoms with Gasteiger partial charge in [-0.1, -0.05) is 40.2 Å². The van der Waals surface area contributed by atoms with Crippen LogP contribution in [0.2, 0.25) is 0 Å². The molecule has 0 aromatic heterocycles. The molecule has 0 aromatic rings. The summed E-state index contributed by atoms with van der Waals surface area (Å²) < 4.78 is 5.21. The quantitative estimate of drug-likeness (QED) is 0.527. The van der Waals surface area contributed by atoms with E-state index >= 15 is 0 Å². The van der Waals surface area contributed by atoms with Crippen LogP contribution in [-0.2, 0) is 9.53 Å². The molecule has 0 aromatic carbocycles. The van der Waals surface area contributed by atoms with Crippen molar-refractivity contribution in [3.8, 4) is 0 Å². The Hall–Kier alpha value is -0.790. The largest absolute Gasteiger partial charge is 0.462 e. The van der Waals surface area contributed by atoms with E-state index in [4.69, 9.17) is 4.74 Å². The SMILES string of the molecule is C=CC(=O)OCC1(C)CCCCC1(C)C. The predicted octanol–water partition coefficient (Wildman–Crippen LogP) is 3.32. The van der Waals surface area contributed by atoms with E-state index in [1.807, 2.05) is 0 Å². The van der Waals surface area contributed by atoms with Crippen molar-refractivity contribution in [1.29, 1.82) is 0 Å². The van der Waals surface area contributed by atoms with E-state index in [0.717, 1.165) is 6.42 Å². The minimum atomic E-state index is -0.308. The van der Waals surface area contributed by atoms with E-state index in [1.165, 1.54) is 25.3 Å². The Bertz CT molecular complexity index is 255. The molecule has 1 rings (SSSR count). The van der Waals surface area contributed by atoms with Gasteiger partial charge in [0.25, 0.3) is 0 Å². The summed E-state index contributed by atoms with van der Waals surface area (Å²) in [7, 11) is 0. The summed E-state index contributed by atoms with van der Waals surface area (Å²) in [6.45, 7) is 10.7. The van der Waals surface area contributed by atoms with Crippen LogP contribution in [0.4, 0.5) is 0 Å². The molecule has 1 saturated carbocycles. The summed E-state index contributed by atoms with van der Waals surface area (Å²) in [5.74, 6) is -0.308. The maximum absolute atomic E-state index is 11.1. The second-order valence-corrected chi connectivity index (χ2v) is 5.46. The Morgan fingerprint density at radius 2 is 1.93 bits per heavy atom. The lowest BCUT2D eigenvalue weighted by molar-refractivity contribution is -0.145. The number of hydrogen-bond donors (Lipinski definition) is 0. The zero-order valence-electron chi connectivity index (χ0n) is 10.1. The Morgan fingerprint density at radius 3 is 2.47 bits per heavy atom. The van der Waals surface area contributed by atoms with Gasteiger partial charge in [-0.25, -0.2) is 4.79 Å². The Labute approximate surface area is 92.7 Å². The summed E-state index contributed by atoms with van der Waals surface area (Å²) in [5.41, 5.74) is 0.372. The van der Waals surface area contributed by atoms with Gasteiger partial charge in [-0.3, -0.25) is 0 Å². The lowest BCUT2D eigenvalue weighted by atomic mass is 9.59. The fraction of sp³-hybridized carbons (Fsp3) is 0.769. The maximum atomic E-state index is 11.1. The van der Waals surface area contributed by atoms with E-state index in [9.17, 15) is 4.79 Å². The summed E-state index contributed by atoms with van der Waals surface area (Å²) in [5, 5.41) is 0. The average molecular weight is 210 g/mol. The molecule has 0 radical (unpaired) electrons. The van der Waals surface area contributed by atoms with Crippen LogP contribution in [0.15, 0.2) is 12.7 Å². The highest BCUT2D eigenvalue weighted by molar-refractivity contribution is 5.81. The van der Waals surface area contributed by atoms with Crippen LogP contribution in [0.5, 0.6) is 0 Å². The number of ether oxygens (including phenoxy) is 1. The fourth-order valence-electron chi connectivity index (χ4n) is 2.28. The molecule has 0 aliphatic heterocycles. The van der Waals surface area contributed by atoms with Crippen molar-refractivity contribution >= 4 is 5.97 Å². The molecule has 86 valence electrons. The first-order valence-electron chi connectivity index (χ1n) is 5.70. The molecule has 2 heteroatoms. The van der Waals surface area contributed by atoms with E-state index in [1.54, 1.807) is 0 Å². The lowest BCUT2D eigenvalue weighted by Gasteiger charge is -2.47. The van der Waals surface area contributed by atoms with Gasteiger partial charge in [0.1, 0.15) is 0 Å². The zero-order valence-corrected chi connectivity index (χ0v) is 10.1. The van der Waals surface area contributed by atoms with Gasteiger partial charge >= 0.3 is 5.97 Å². The summed E-state index contributed by atoms with van der Waals surface area (Å²) >= 11 is 0. The van der Waals surface area contributed by atoms with Gasteiger partial charge in [0.05, 0.1) is 6.61 Å².